The second-order valence-corrected chi connectivity index (χ2v) is 6.38. The third kappa shape index (κ3) is 3.26. The lowest BCUT2D eigenvalue weighted by Gasteiger charge is -2.16. The van der Waals surface area contributed by atoms with Gasteiger partial charge in [-0.2, -0.15) is 0 Å². The van der Waals surface area contributed by atoms with Gasteiger partial charge in [0.1, 0.15) is 0 Å². The molecule has 3 rings (SSSR count). The summed E-state index contributed by atoms with van der Waals surface area (Å²) in [5, 5.41) is 3.67. The molecule has 1 atom stereocenters. The summed E-state index contributed by atoms with van der Waals surface area (Å²) in [6, 6.07) is 0.588. The average Bonchev–Trinajstić information content (AvgIpc) is 3.06. The molecule has 1 unspecified atom stereocenters. The Labute approximate surface area is 123 Å². The first-order valence-corrected chi connectivity index (χ1v) is 8.51. The first-order chi connectivity index (χ1) is 9.86. The van der Waals surface area contributed by atoms with Crippen molar-refractivity contribution >= 4 is 0 Å². The Morgan fingerprint density at radius 3 is 2.75 bits per heavy atom. The lowest BCUT2D eigenvalue weighted by molar-refractivity contribution is 0.322. The van der Waals surface area contributed by atoms with Gasteiger partial charge in [0.2, 0.25) is 0 Å². The molecule has 0 amide bonds. The Bertz CT molecular complexity index is 418. The Morgan fingerprint density at radius 1 is 1.10 bits per heavy atom. The monoisotopic (exact) mass is 275 g/mol. The van der Waals surface area contributed by atoms with E-state index < -0.39 is 0 Å². The molecule has 2 heterocycles. The summed E-state index contributed by atoms with van der Waals surface area (Å²) in [7, 11) is 0. The third-order valence-corrected chi connectivity index (χ3v) is 4.89. The minimum Gasteiger partial charge on any atom is -0.352 e. The van der Waals surface area contributed by atoms with Crippen molar-refractivity contribution in [3.05, 3.63) is 23.5 Å². The van der Waals surface area contributed by atoms with Crippen LogP contribution in [0.1, 0.15) is 56.2 Å². The van der Waals surface area contributed by atoms with Crippen LogP contribution in [0.5, 0.6) is 0 Å². The standard InChI is InChI=1S/C17H29N3/c1-2-18-17-8-4-3-7-15-13-20(14-16(15)17)12-11-19-9-5-6-10-19/h13-14,17-18H,2-12H2,1H3. The van der Waals surface area contributed by atoms with Crippen molar-refractivity contribution in [2.75, 3.05) is 26.2 Å². The molecule has 0 spiro atoms. The van der Waals surface area contributed by atoms with E-state index in [2.05, 4.69) is 34.1 Å². The summed E-state index contributed by atoms with van der Waals surface area (Å²) in [6.07, 6.45) is 12.9. The fourth-order valence-corrected chi connectivity index (χ4v) is 3.77. The summed E-state index contributed by atoms with van der Waals surface area (Å²) in [5.41, 5.74) is 3.17. The van der Waals surface area contributed by atoms with E-state index in [9.17, 15) is 0 Å². The minimum atomic E-state index is 0.588. The Kier molecular flexibility index (Phi) is 4.79. The van der Waals surface area contributed by atoms with Gasteiger partial charge in [-0.3, -0.25) is 0 Å². The van der Waals surface area contributed by atoms with E-state index in [0.717, 1.165) is 13.1 Å². The molecule has 2 aliphatic rings. The maximum atomic E-state index is 3.67. The molecule has 1 aromatic rings. The van der Waals surface area contributed by atoms with Crippen LogP contribution in [0.25, 0.3) is 0 Å². The molecule has 1 fully saturated rings. The van der Waals surface area contributed by atoms with E-state index in [1.54, 1.807) is 11.1 Å². The molecule has 0 aromatic carbocycles. The highest BCUT2D eigenvalue weighted by molar-refractivity contribution is 5.29. The van der Waals surface area contributed by atoms with Gasteiger partial charge < -0.3 is 14.8 Å². The maximum Gasteiger partial charge on any atom is 0.0347 e. The number of hydrogen-bond acceptors (Lipinski definition) is 2. The van der Waals surface area contributed by atoms with E-state index in [1.807, 2.05) is 0 Å². The average molecular weight is 275 g/mol. The van der Waals surface area contributed by atoms with E-state index in [0.29, 0.717) is 6.04 Å². The van der Waals surface area contributed by atoms with E-state index >= 15 is 0 Å². The van der Waals surface area contributed by atoms with Crippen LogP contribution in [0.15, 0.2) is 12.4 Å². The van der Waals surface area contributed by atoms with Crippen LogP contribution in [0.2, 0.25) is 0 Å². The Balaban J connectivity index is 1.66. The lowest BCUT2D eigenvalue weighted by Crippen LogP contribution is -2.23. The quantitative estimate of drug-likeness (QED) is 0.834. The van der Waals surface area contributed by atoms with Gasteiger partial charge in [-0.15, -0.1) is 0 Å². The van der Waals surface area contributed by atoms with Crippen molar-refractivity contribution in [1.82, 2.24) is 14.8 Å². The van der Waals surface area contributed by atoms with Gasteiger partial charge in [0.15, 0.2) is 0 Å². The summed E-state index contributed by atoms with van der Waals surface area (Å²) in [5.74, 6) is 0. The fraction of sp³-hybridized carbons (Fsp3) is 0.765. The molecular formula is C17H29N3. The molecule has 1 aliphatic heterocycles. The van der Waals surface area contributed by atoms with Crippen molar-refractivity contribution in [1.29, 1.82) is 0 Å². The molecule has 20 heavy (non-hydrogen) atoms. The minimum absolute atomic E-state index is 0.588. The molecule has 1 saturated heterocycles. The Morgan fingerprint density at radius 2 is 1.95 bits per heavy atom. The summed E-state index contributed by atoms with van der Waals surface area (Å²) in [6.45, 7) is 8.28. The van der Waals surface area contributed by atoms with E-state index in [4.69, 9.17) is 0 Å². The first kappa shape index (κ1) is 14.2. The third-order valence-electron chi connectivity index (χ3n) is 4.89. The van der Waals surface area contributed by atoms with Crippen LogP contribution in [0.3, 0.4) is 0 Å². The van der Waals surface area contributed by atoms with Crippen LogP contribution in [-0.2, 0) is 13.0 Å². The van der Waals surface area contributed by atoms with Crippen molar-refractivity contribution in [2.45, 2.75) is 58.0 Å². The number of likely N-dealkylation sites (tertiary alicyclic amines) is 1. The zero-order chi connectivity index (χ0) is 13.8. The molecule has 3 heteroatoms. The van der Waals surface area contributed by atoms with Crippen LogP contribution >= 0.6 is 0 Å². The van der Waals surface area contributed by atoms with Gasteiger partial charge in [0.25, 0.3) is 0 Å². The van der Waals surface area contributed by atoms with Crippen LogP contribution in [0, 0.1) is 0 Å². The number of aryl methyl sites for hydroxylation is 1. The predicted octanol–water partition coefficient (Wildman–Crippen LogP) is 2.96. The SMILES string of the molecule is CCNC1CCCCc2cn(CCN3CCCC3)cc21. The molecule has 1 aliphatic carbocycles. The molecular weight excluding hydrogens is 246 g/mol. The van der Waals surface area contributed by atoms with Gasteiger partial charge in [-0.25, -0.2) is 0 Å². The van der Waals surface area contributed by atoms with Crippen molar-refractivity contribution in [2.24, 2.45) is 0 Å². The number of nitrogens with one attached hydrogen (secondary N) is 1. The fourth-order valence-electron chi connectivity index (χ4n) is 3.77. The number of rotatable bonds is 5. The number of nitrogens with zero attached hydrogens (tertiary/aromatic N) is 2. The maximum absolute atomic E-state index is 3.67. The van der Waals surface area contributed by atoms with Crippen LogP contribution < -0.4 is 5.32 Å². The second kappa shape index (κ2) is 6.77. The molecule has 3 nitrogen and oxygen atoms in total. The van der Waals surface area contributed by atoms with E-state index in [1.165, 1.54) is 58.2 Å². The smallest absolute Gasteiger partial charge is 0.0347 e. The van der Waals surface area contributed by atoms with Gasteiger partial charge >= 0.3 is 0 Å². The molecule has 0 saturated carbocycles. The molecule has 112 valence electrons. The second-order valence-electron chi connectivity index (χ2n) is 6.38. The van der Waals surface area contributed by atoms with E-state index in [-0.39, 0.29) is 0 Å². The molecule has 1 N–H and O–H groups in total. The summed E-state index contributed by atoms with van der Waals surface area (Å²) in [4.78, 5) is 2.60. The molecule has 1 aromatic heterocycles. The number of fused-ring (bicyclic) bond motifs is 1. The normalized spacial score (nSPS) is 23.8. The largest absolute Gasteiger partial charge is 0.352 e. The predicted molar refractivity (Wildman–Crippen MR) is 84.1 cm³/mol. The van der Waals surface area contributed by atoms with Gasteiger partial charge in [0.05, 0.1) is 0 Å². The highest BCUT2D eigenvalue weighted by Crippen LogP contribution is 2.29. The highest BCUT2D eigenvalue weighted by atomic mass is 15.2. The highest BCUT2D eigenvalue weighted by Gasteiger charge is 2.20. The summed E-state index contributed by atoms with van der Waals surface area (Å²) < 4.78 is 2.44. The molecule has 0 bridgehead atoms. The lowest BCUT2D eigenvalue weighted by atomic mass is 10.0. The van der Waals surface area contributed by atoms with Crippen molar-refractivity contribution < 1.29 is 0 Å². The van der Waals surface area contributed by atoms with Crippen LogP contribution in [0.4, 0.5) is 0 Å². The number of aromatic nitrogens is 1. The topological polar surface area (TPSA) is 20.2 Å². The van der Waals surface area contributed by atoms with Crippen molar-refractivity contribution in [3.8, 4) is 0 Å². The zero-order valence-electron chi connectivity index (χ0n) is 12.9. The summed E-state index contributed by atoms with van der Waals surface area (Å²) >= 11 is 0. The Hall–Kier alpha value is -0.800. The first-order valence-electron chi connectivity index (χ1n) is 8.51. The van der Waals surface area contributed by atoms with Gasteiger partial charge in [0, 0.05) is 31.5 Å². The number of hydrogen-bond donors (Lipinski definition) is 1. The van der Waals surface area contributed by atoms with Crippen LogP contribution in [-0.4, -0.2) is 35.6 Å². The van der Waals surface area contributed by atoms with Gasteiger partial charge in [-0.1, -0.05) is 13.3 Å². The molecule has 0 radical (unpaired) electrons. The van der Waals surface area contributed by atoms with Gasteiger partial charge in [-0.05, 0) is 62.9 Å². The zero-order valence-corrected chi connectivity index (χ0v) is 12.9. The van der Waals surface area contributed by atoms with Crippen molar-refractivity contribution in [3.63, 3.8) is 0 Å².